The Hall–Kier alpha value is -0.0800. The summed E-state index contributed by atoms with van der Waals surface area (Å²) in [7, 11) is 0. The highest BCUT2D eigenvalue weighted by molar-refractivity contribution is 4.42. The number of likely N-dealkylation sites (N-methyl/N-ethyl adjacent to an activating group) is 2. The lowest BCUT2D eigenvalue weighted by Crippen LogP contribution is -2.23. The van der Waals surface area contributed by atoms with Crippen molar-refractivity contribution in [2.24, 2.45) is 0 Å². The minimum atomic E-state index is -3.64. The van der Waals surface area contributed by atoms with Gasteiger partial charge in [-0.2, -0.15) is 0 Å². The zero-order chi connectivity index (χ0) is 16.8. The molecule has 0 aliphatic rings. The Bertz CT molecular complexity index is 320. The van der Waals surface area contributed by atoms with Gasteiger partial charge in [0.15, 0.2) is 0 Å². The lowest BCUT2D eigenvalue weighted by atomic mass is 10.6. The van der Waals surface area contributed by atoms with Crippen molar-refractivity contribution in [3.8, 4) is 0 Å². The maximum atomic E-state index is 7.46. The van der Waals surface area contributed by atoms with E-state index in [4.69, 9.17) is 17.8 Å². The first-order valence-corrected chi connectivity index (χ1v) is 1.42. The summed E-state index contributed by atoms with van der Waals surface area (Å²) in [6, 6.07) is 0. The van der Waals surface area contributed by atoms with Crippen molar-refractivity contribution in [2.45, 2.75) is 0 Å². The summed E-state index contributed by atoms with van der Waals surface area (Å²) < 4.78 is 92.4. The molecule has 0 rings (SSSR count). The number of rotatable bonds is 3. The monoisotopic (exact) mass is 115 g/mol. The minimum absolute atomic E-state index is 0.647. The van der Waals surface area contributed by atoms with Crippen molar-refractivity contribution in [2.75, 3.05) is 33.9 Å². The highest BCUT2D eigenvalue weighted by Gasteiger charge is 1.82. The van der Waals surface area contributed by atoms with Crippen molar-refractivity contribution < 1.29 is 17.8 Å². The van der Waals surface area contributed by atoms with Crippen LogP contribution in [0.3, 0.4) is 0 Å². The predicted molar refractivity (Wildman–Crippen MR) is 32.5 cm³/mol. The fourth-order valence-electron chi connectivity index (χ4n) is 0.0839. The van der Waals surface area contributed by atoms with E-state index in [0.717, 1.165) is 0 Å². The molecule has 0 aromatic heterocycles. The second-order valence-corrected chi connectivity index (χ2v) is 0.697. The summed E-state index contributed by atoms with van der Waals surface area (Å²) >= 11 is 0. The van der Waals surface area contributed by atoms with Gasteiger partial charge in [-0.15, -0.1) is 0 Å². The Balaban J connectivity index is 5.77. The molecule has 0 fully saturated rings. The maximum absolute atomic E-state index is 7.46. The molecule has 0 aromatic rings. The van der Waals surface area contributed by atoms with E-state index in [9.17, 15) is 0 Å². The molecule has 0 atom stereocenters. The topological polar surface area (TPSA) is 15.3 Å². The molecule has 2 heteroatoms. The van der Waals surface area contributed by atoms with Crippen LogP contribution in [-0.4, -0.2) is 38.8 Å². The Morgan fingerprint density at radius 1 is 1.86 bits per heavy atom. The molecule has 0 bridgehead atoms. The van der Waals surface area contributed by atoms with E-state index >= 15 is 0 Å². The van der Waals surface area contributed by atoms with Gasteiger partial charge < -0.3 is 10.2 Å². The molecular weight excluding hydrogens is 88.1 g/mol. The molecule has 0 unspecified atom stereocenters. The number of nitrogens with one attached hydrogen (secondary N) is 1. The van der Waals surface area contributed by atoms with Gasteiger partial charge in [0.05, 0.1) is 0 Å². The summed E-state index contributed by atoms with van der Waals surface area (Å²) in [4.78, 5) is -0.647. The first-order chi connectivity index (χ1) is 8.32. The third kappa shape index (κ3) is 5.92. The van der Waals surface area contributed by atoms with Gasteiger partial charge in [0.2, 0.25) is 0 Å². The maximum Gasteiger partial charge on any atom is 0.0444 e. The van der Waals surface area contributed by atoms with Gasteiger partial charge in [-0.25, -0.2) is 0 Å². The quantitative estimate of drug-likeness (QED) is 0.546. The lowest BCUT2D eigenvalue weighted by molar-refractivity contribution is 0.407. The average Bonchev–Trinajstić information content (AvgIpc) is 1.89. The zero-order valence-electron chi connectivity index (χ0n) is 16.4. The van der Waals surface area contributed by atoms with Crippen molar-refractivity contribution in [1.82, 2.24) is 10.2 Å². The van der Waals surface area contributed by atoms with Gasteiger partial charge in [-0.1, -0.05) is 0 Å². The number of hydrogen-bond acceptors (Lipinski definition) is 2. The van der Waals surface area contributed by atoms with Gasteiger partial charge in [0, 0.05) is 30.8 Å². The number of nitrogens with zero attached hydrogens (tertiary/aromatic N) is 1. The summed E-state index contributed by atoms with van der Waals surface area (Å²) in [5.74, 6) is 0. The Morgan fingerprint density at radius 2 is 2.71 bits per heavy atom. The first-order valence-electron chi connectivity index (χ1n) is 7.92. The molecule has 0 amide bonds. The second kappa shape index (κ2) is 4.09. The van der Waals surface area contributed by atoms with Crippen molar-refractivity contribution in [3.05, 3.63) is 0 Å². The smallest absolute Gasteiger partial charge is 0.0444 e. The predicted octanol–water partition coefficient (Wildman–Crippen LogP) is -0.233. The third-order valence-corrected chi connectivity index (χ3v) is 0.230. The lowest BCUT2D eigenvalue weighted by Gasteiger charge is -2.06. The average molecular weight is 115 g/mol. The van der Waals surface area contributed by atoms with Crippen LogP contribution in [0.15, 0.2) is 0 Å². The number of hydrogen-bond donors (Lipinski definition) is 1. The van der Waals surface area contributed by atoms with Crippen LogP contribution < -0.4 is 5.32 Å². The normalized spacial score (nSPS) is 47.3. The summed E-state index contributed by atoms with van der Waals surface area (Å²) in [5.41, 5.74) is 0. The van der Waals surface area contributed by atoms with Crippen LogP contribution in [0.25, 0.3) is 0 Å². The standard InChI is InChI=1S/C5H14N2/c1-6-4-5-7(2)3/h6H,4-5H2,1-3H3/i1D3,2D3,3D3,4D2,5D2. The highest BCUT2D eigenvalue weighted by atomic mass is 15.1. The van der Waals surface area contributed by atoms with E-state index in [1.807, 2.05) is 0 Å². The molecule has 2 nitrogen and oxygen atoms in total. The van der Waals surface area contributed by atoms with Crippen LogP contribution in [0, 0.1) is 0 Å². The molecule has 7 heavy (non-hydrogen) atoms. The largest absolute Gasteiger partial charge is 0.318 e. The van der Waals surface area contributed by atoms with Crippen LogP contribution >= 0.6 is 0 Å². The Labute approximate surface area is 63.8 Å². The zero-order valence-corrected chi connectivity index (χ0v) is 3.45. The first kappa shape index (κ1) is 0.677. The molecule has 0 aromatic carbocycles. The van der Waals surface area contributed by atoms with Gasteiger partial charge in [-0.05, 0) is 20.9 Å². The Morgan fingerprint density at radius 3 is 3.29 bits per heavy atom. The fraction of sp³-hybridized carbons (Fsp3) is 1.00. The van der Waals surface area contributed by atoms with Crippen LogP contribution in [0.4, 0.5) is 0 Å². The second-order valence-electron chi connectivity index (χ2n) is 0.697. The van der Waals surface area contributed by atoms with Crippen LogP contribution in [-0.2, 0) is 0 Å². The molecule has 0 radical (unpaired) electrons. The van der Waals surface area contributed by atoms with Gasteiger partial charge >= 0.3 is 0 Å². The third-order valence-electron chi connectivity index (χ3n) is 0.230. The van der Waals surface area contributed by atoms with E-state index in [2.05, 4.69) is 0 Å². The highest BCUT2D eigenvalue weighted by Crippen LogP contribution is 1.66. The van der Waals surface area contributed by atoms with Gasteiger partial charge in [0.25, 0.3) is 0 Å². The molecule has 44 valence electrons. The van der Waals surface area contributed by atoms with Crippen LogP contribution in [0.5, 0.6) is 0 Å². The molecule has 0 heterocycles. The molecule has 0 aliphatic heterocycles. The van der Waals surface area contributed by atoms with Crippen LogP contribution in [0.1, 0.15) is 17.8 Å². The van der Waals surface area contributed by atoms with Crippen LogP contribution in [0.2, 0.25) is 0 Å². The summed E-state index contributed by atoms with van der Waals surface area (Å²) in [6.45, 7) is -17.2. The summed E-state index contributed by atoms with van der Waals surface area (Å²) in [6.07, 6.45) is 0. The van der Waals surface area contributed by atoms with Crippen molar-refractivity contribution >= 4 is 0 Å². The molecule has 0 spiro atoms. The van der Waals surface area contributed by atoms with E-state index in [-0.39, 0.29) is 0 Å². The SMILES string of the molecule is [2H]C([2H])([2H])NC([2H])([2H])C([2H])([2H])N(C([2H])([2H])[2H])C([2H])([2H])[2H]. The van der Waals surface area contributed by atoms with Gasteiger partial charge in [-0.3, -0.25) is 0 Å². The minimum Gasteiger partial charge on any atom is -0.318 e. The Kier molecular flexibility index (Phi) is 0.396. The molecule has 0 saturated carbocycles. The van der Waals surface area contributed by atoms with E-state index in [1.165, 1.54) is 5.32 Å². The van der Waals surface area contributed by atoms with Gasteiger partial charge in [0.1, 0.15) is 0 Å². The van der Waals surface area contributed by atoms with Crippen molar-refractivity contribution in [1.29, 1.82) is 0 Å². The molecule has 0 saturated heterocycles. The molecular formula is C5H14N2. The summed E-state index contributed by atoms with van der Waals surface area (Å²) in [5, 5.41) is 1.28. The van der Waals surface area contributed by atoms with E-state index < -0.39 is 38.8 Å². The van der Waals surface area contributed by atoms with E-state index in [0.29, 0.717) is 0 Å². The van der Waals surface area contributed by atoms with E-state index in [1.54, 1.807) is 0 Å². The molecule has 1 N–H and O–H groups in total. The fourth-order valence-corrected chi connectivity index (χ4v) is 0.0839. The van der Waals surface area contributed by atoms with Crippen molar-refractivity contribution in [3.63, 3.8) is 0 Å². The molecule has 0 aliphatic carbocycles.